The Morgan fingerprint density at radius 1 is 0.938 bits per heavy atom. The standard InChI is InChI=1S/C35H32Cl2F2N2O7/c36-27-18-41(45)19-28(37)26(27)16-30(25-12-13-29(48-35(38)39)31(15-25)46-20-23-10-11-23)47-32(42)14-21-6-8-22(9-7-21)17-40-33(34(43)44)24-4-2-1-3-5-24/h1-9,12-13,15,18-19,23,30,33,35,40H,10-11,14,16-17,20H2,(H,43,44). The Kier molecular flexibility index (Phi) is 11.7. The molecule has 3 aromatic carbocycles. The summed E-state index contributed by atoms with van der Waals surface area (Å²) in [7, 11) is 0. The van der Waals surface area contributed by atoms with Gasteiger partial charge >= 0.3 is 18.6 Å². The van der Waals surface area contributed by atoms with Gasteiger partial charge in [-0.25, -0.2) is 0 Å². The zero-order chi connectivity index (χ0) is 34.2. The molecule has 0 radical (unpaired) electrons. The van der Waals surface area contributed by atoms with Crippen LogP contribution in [0.1, 0.15) is 52.8 Å². The van der Waals surface area contributed by atoms with E-state index in [1.165, 1.54) is 18.2 Å². The third kappa shape index (κ3) is 9.79. The molecule has 13 heteroatoms. The molecule has 0 spiro atoms. The number of benzene rings is 3. The minimum atomic E-state index is -3.07. The first-order valence-electron chi connectivity index (χ1n) is 15.1. The van der Waals surface area contributed by atoms with Crippen LogP contribution in [-0.2, 0) is 33.7 Å². The van der Waals surface area contributed by atoms with Gasteiger partial charge in [-0.15, -0.1) is 0 Å². The van der Waals surface area contributed by atoms with Crippen LogP contribution in [0.5, 0.6) is 11.5 Å². The second-order valence-corrected chi connectivity index (χ2v) is 12.2. The highest BCUT2D eigenvalue weighted by atomic mass is 35.5. The summed E-state index contributed by atoms with van der Waals surface area (Å²) in [5.74, 6) is -1.36. The van der Waals surface area contributed by atoms with E-state index in [-0.39, 0.29) is 40.9 Å². The lowest BCUT2D eigenvalue weighted by atomic mass is 10.0. The molecule has 1 heterocycles. The Hall–Kier alpha value is -4.45. The summed E-state index contributed by atoms with van der Waals surface area (Å²) in [5, 5.41) is 24.7. The maximum absolute atomic E-state index is 13.3. The second-order valence-electron chi connectivity index (χ2n) is 11.4. The first kappa shape index (κ1) is 34.9. The summed E-state index contributed by atoms with van der Waals surface area (Å²) in [6.07, 6.45) is 3.07. The van der Waals surface area contributed by atoms with E-state index in [9.17, 15) is 28.7 Å². The van der Waals surface area contributed by atoms with Gasteiger partial charge in [-0.05, 0) is 53.1 Å². The normalized spacial score (nSPS) is 13.9. The Morgan fingerprint density at radius 2 is 1.60 bits per heavy atom. The van der Waals surface area contributed by atoms with E-state index in [0.717, 1.165) is 30.8 Å². The first-order valence-corrected chi connectivity index (χ1v) is 15.9. The number of alkyl halides is 2. The van der Waals surface area contributed by atoms with Gasteiger partial charge in [-0.1, -0.05) is 83.9 Å². The number of nitrogens with one attached hydrogen (secondary N) is 1. The number of carbonyl (C=O) groups is 2. The van der Waals surface area contributed by atoms with Gasteiger partial charge in [0.15, 0.2) is 23.9 Å². The average molecular weight is 702 g/mol. The SMILES string of the molecule is O=C(Cc1ccc(CNC(C(=O)O)c2ccccc2)cc1)OC(Cc1c(Cl)c[n+]([O-])cc1Cl)c1ccc(OC(F)F)c(OCC2CC2)c1. The van der Waals surface area contributed by atoms with Crippen LogP contribution in [0.15, 0.2) is 85.2 Å². The van der Waals surface area contributed by atoms with Gasteiger partial charge in [0.25, 0.3) is 0 Å². The molecule has 1 fully saturated rings. The maximum Gasteiger partial charge on any atom is 0.387 e. The fraction of sp³-hybridized carbons (Fsp3) is 0.286. The number of carboxylic acid groups (broad SMARTS) is 1. The van der Waals surface area contributed by atoms with Crippen molar-refractivity contribution in [1.82, 2.24) is 5.32 Å². The van der Waals surface area contributed by atoms with E-state index in [1.54, 1.807) is 48.5 Å². The number of rotatable bonds is 16. The molecule has 0 amide bonds. The molecule has 5 rings (SSSR count). The molecule has 252 valence electrons. The van der Waals surface area contributed by atoms with Gasteiger partial charge < -0.3 is 24.5 Å². The number of nitrogens with zero attached hydrogens (tertiary/aromatic N) is 1. The molecule has 48 heavy (non-hydrogen) atoms. The zero-order valence-electron chi connectivity index (χ0n) is 25.5. The van der Waals surface area contributed by atoms with E-state index in [1.807, 2.05) is 6.07 Å². The molecular formula is C35H32Cl2F2N2O7. The van der Waals surface area contributed by atoms with Crippen LogP contribution in [0.4, 0.5) is 8.78 Å². The van der Waals surface area contributed by atoms with Crippen LogP contribution in [0.3, 0.4) is 0 Å². The van der Waals surface area contributed by atoms with Gasteiger partial charge in [-0.3, -0.25) is 14.9 Å². The van der Waals surface area contributed by atoms with E-state index in [4.69, 9.17) is 32.7 Å². The highest BCUT2D eigenvalue weighted by Crippen LogP contribution is 2.38. The van der Waals surface area contributed by atoms with E-state index < -0.39 is 30.7 Å². The van der Waals surface area contributed by atoms with Crippen LogP contribution >= 0.6 is 23.2 Å². The molecule has 0 bridgehead atoms. The van der Waals surface area contributed by atoms with Crippen LogP contribution in [0.25, 0.3) is 0 Å². The quantitative estimate of drug-likeness (QED) is 0.0728. The van der Waals surface area contributed by atoms with Gasteiger partial charge in [0.05, 0.1) is 13.0 Å². The molecule has 0 saturated heterocycles. The molecule has 1 aliphatic rings. The fourth-order valence-electron chi connectivity index (χ4n) is 5.02. The lowest BCUT2D eigenvalue weighted by Gasteiger charge is -2.21. The Balaban J connectivity index is 1.31. The predicted octanol–water partition coefficient (Wildman–Crippen LogP) is 7.00. The molecule has 1 aliphatic carbocycles. The molecule has 1 saturated carbocycles. The average Bonchev–Trinajstić information content (AvgIpc) is 3.87. The second kappa shape index (κ2) is 16.1. The number of hydrogen-bond acceptors (Lipinski definition) is 7. The Bertz CT molecular complexity index is 1700. The zero-order valence-corrected chi connectivity index (χ0v) is 27.0. The Labute approximate surface area is 285 Å². The first-order chi connectivity index (χ1) is 23.0. The van der Waals surface area contributed by atoms with Gasteiger partial charge in [0, 0.05) is 18.5 Å². The predicted molar refractivity (Wildman–Crippen MR) is 173 cm³/mol. The molecule has 9 nitrogen and oxygen atoms in total. The van der Waals surface area contributed by atoms with Crippen molar-refractivity contribution in [2.24, 2.45) is 5.92 Å². The molecule has 2 atom stereocenters. The summed E-state index contributed by atoms with van der Waals surface area (Å²) in [4.78, 5) is 25.1. The molecule has 4 aromatic rings. The van der Waals surface area contributed by atoms with Crippen molar-refractivity contribution in [2.45, 2.75) is 51.0 Å². The number of pyridine rings is 1. The topological polar surface area (TPSA) is 121 Å². The van der Waals surface area contributed by atoms with Crippen molar-refractivity contribution < 1.29 is 42.4 Å². The number of carboxylic acids is 1. The van der Waals surface area contributed by atoms with Crippen molar-refractivity contribution >= 4 is 35.1 Å². The molecule has 0 aliphatic heterocycles. The summed E-state index contributed by atoms with van der Waals surface area (Å²) in [6.45, 7) is -2.47. The van der Waals surface area contributed by atoms with Gasteiger partial charge in [0.1, 0.15) is 22.2 Å². The molecule has 2 N–H and O–H groups in total. The number of esters is 1. The van der Waals surface area contributed by atoms with Crippen LogP contribution in [0, 0.1) is 11.1 Å². The third-order valence-corrected chi connectivity index (χ3v) is 8.36. The van der Waals surface area contributed by atoms with Crippen molar-refractivity contribution in [1.29, 1.82) is 0 Å². The molecule has 2 unspecified atom stereocenters. The molecule has 1 aromatic heterocycles. The molecular weight excluding hydrogens is 669 g/mol. The number of aliphatic carboxylic acids is 1. The Morgan fingerprint density at radius 3 is 2.23 bits per heavy atom. The minimum absolute atomic E-state index is 0.0296. The van der Waals surface area contributed by atoms with Crippen molar-refractivity contribution in [2.75, 3.05) is 6.61 Å². The largest absolute Gasteiger partial charge is 0.619 e. The number of carbonyl (C=O) groups excluding carboxylic acids is 1. The number of ether oxygens (including phenoxy) is 3. The van der Waals surface area contributed by atoms with Crippen LogP contribution in [0.2, 0.25) is 10.0 Å². The summed E-state index contributed by atoms with van der Waals surface area (Å²) in [6, 6.07) is 19.3. The van der Waals surface area contributed by atoms with E-state index in [2.05, 4.69) is 10.1 Å². The monoisotopic (exact) mass is 700 g/mol. The van der Waals surface area contributed by atoms with Gasteiger partial charge in [-0.2, -0.15) is 13.5 Å². The number of halogens is 4. The highest BCUT2D eigenvalue weighted by molar-refractivity contribution is 6.35. The third-order valence-electron chi connectivity index (χ3n) is 7.71. The summed E-state index contributed by atoms with van der Waals surface area (Å²) < 4.78 is 43.1. The smallest absolute Gasteiger partial charge is 0.387 e. The van der Waals surface area contributed by atoms with E-state index in [0.29, 0.717) is 39.5 Å². The number of hydrogen-bond donors (Lipinski definition) is 2. The van der Waals surface area contributed by atoms with Gasteiger partial charge in [0.2, 0.25) is 0 Å². The summed E-state index contributed by atoms with van der Waals surface area (Å²) in [5.41, 5.74) is 2.83. The van der Waals surface area contributed by atoms with Crippen molar-refractivity contribution in [3.63, 3.8) is 0 Å². The van der Waals surface area contributed by atoms with E-state index >= 15 is 0 Å². The minimum Gasteiger partial charge on any atom is -0.619 e. The lowest BCUT2D eigenvalue weighted by molar-refractivity contribution is -0.605. The summed E-state index contributed by atoms with van der Waals surface area (Å²) >= 11 is 12.7. The van der Waals surface area contributed by atoms with Crippen LogP contribution < -0.4 is 19.5 Å². The maximum atomic E-state index is 13.3. The fourth-order valence-corrected chi connectivity index (χ4v) is 5.62. The van der Waals surface area contributed by atoms with Crippen molar-refractivity contribution in [3.8, 4) is 11.5 Å². The lowest BCUT2D eigenvalue weighted by Crippen LogP contribution is -2.28. The van der Waals surface area contributed by atoms with Crippen LogP contribution in [-0.4, -0.2) is 30.3 Å². The van der Waals surface area contributed by atoms with Crippen molar-refractivity contribution in [3.05, 3.63) is 128 Å². The highest BCUT2D eigenvalue weighted by Gasteiger charge is 2.26. The number of aromatic nitrogens is 1.